The van der Waals surface area contributed by atoms with Crippen molar-refractivity contribution >= 4 is 11.6 Å². The molecule has 0 aromatic heterocycles. The van der Waals surface area contributed by atoms with Gasteiger partial charge in [-0.15, -0.1) is 0 Å². The van der Waals surface area contributed by atoms with Crippen molar-refractivity contribution in [3.8, 4) is 0 Å². The molecule has 0 spiro atoms. The van der Waals surface area contributed by atoms with Crippen LogP contribution in [0.5, 0.6) is 0 Å². The molecular weight excluding hydrogens is 366 g/mol. The zero-order valence-corrected chi connectivity index (χ0v) is 18.0. The number of ether oxygens (including phenoxy) is 1. The third-order valence-corrected chi connectivity index (χ3v) is 6.12. The van der Waals surface area contributed by atoms with Crippen LogP contribution >= 0.6 is 0 Å². The van der Waals surface area contributed by atoms with Crippen LogP contribution in [0.25, 0.3) is 0 Å². The summed E-state index contributed by atoms with van der Waals surface area (Å²) in [7, 11) is 0. The molecule has 6 heteroatoms. The topological polar surface area (TPSA) is 65.0 Å². The molecule has 1 aromatic rings. The summed E-state index contributed by atoms with van der Waals surface area (Å²) in [6, 6.07) is 6.05. The van der Waals surface area contributed by atoms with Gasteiger partial charge in [-0.25, -0.2) is 0 Å². The summed E-state index contributed by atoms with van der Waals surface area (Å²) < 4.78 is 5.90. The zero-order chi connectivity index (χ0) is 20.6. The van der Waals surface area contributed by atoms with Crippen molar-refractivity contribution in [3.05, 3.63) is 29.3 Å². The number of nitrogens with zero attached hydrogens (tertiary/aromatic N) is 2. The highest BCUT2D eigenvalue weighted by molar-refractivity contribution is 5.93. The minimum absolute atomic E-state index is 0.0387. The average Bonchev–Trinajstić information content (AvgIpc) is 2.72. The Bertz CT molecular complexity index is 633. The van der Waals surface area contributed by atoms with Crippen LogP contribution in [-0.2, 0) is 9.53 Å². The summed E-state index contributed by atoms with van der Waals surface area (Å²) in [6.45, 7) is 8.96. The molecule has 0 radical (unpaired) electrons. The fourth-order valence-electron chi connectivity index (χ4n) is 4.35. The van der Waals surface area contributed by atoms with Gasteiger partial charge in [0, 0.05) is 38.4 Å². The molecule has 0 bridgehead atoms. The summed E-state index contributed by atoms with van der Waals surface area (Å²) in [4.78, 5) is 16.9. The Balaban J connectivity index is 1.34. The van der Waals surface area contributed by atoms with Crippen LogP contribution in [0.2, 0.25) is 0 Å². The molecule has 2 fully saturated rings. The van der Waals surface area contributed by atoms with Crippen molar-refractivity contribution in [2.45, 2.75) is 58.2 Å². The third kappa shape index (κ3) is 7.07. The first-order chi connectivity index (χ1) is 14.0. The second-order valence-corrected chi connectivity index (χ2v) is 8.64. The molecule has 2 N–H and O–H groups in total. The zero-order valence-electron chi connectivity index (χ0n) is 18.0. The van der Waals surface area contributed by atoms with Crippen molar-refractivity contribution in [3.63, 3.8) is 0 Å². The Morgan fingerprint density at radius 1 is 1.10 bits per heavy atom. The number of rotatable bonds is 8. The normalized spacial score (nSPS) is 20.5. The molecule has 1 unspecified atom stereocenters. The van der Waals surface area contributed by atoms with E-state index in [4.69, 9.17) is 4.74 Å². The molecule has 1 amide bonds. The number of β-amino-alcohol motifs (C(OH)–C–C–N with tert-alkyl or cyclic N) is 1. The van der Waals surface area contributed by atoms with E-state index in [0.717, 1.165) is 55.8 Å². The minimum atomic E-state index is -0.434. The van der Waals surface area contributed by atoms with Crippen molar-refractivity contribution in [1.82, 2.24) is 9.80 Å². The molecule has 1 aliphatic carbocycles. The highest BCUT2D eigenvalue weighted by atomic mass is 16.5. The fraction of sp³-hybridized carbons (Fsp3) is 0.696. The number of piperazine rings is 1. The maximum atomic E-state index is 12.5. The van der Waals surface area contributed by atoms with Crippen LogP contribution in [0, 0.1) is 13.8 Å². The number of aliphatic hydroxyl groups is 1. The summed E-state index contributed by atoms with van der Waals surface area (Å²) in [5.74, 6) is 0.0387. The van der Waals surface area contributed by atoms with E-state index in [1.165, 1.54) is 19.3 Å². The van der Waals surface area contributed by atoms with E-state index in [1.54, 1.807) is 0 Å². The Labute approximate surface area is 175 Å². The number of hydrogen-bond acceptors (Lipinski definition) is 5. The van der Waals surface area contributed by atoms with Gasteiger partial charge in [-0.2, -0.15) is 0 Å². The molecule has 29 heavy (non-hydrogen) atoms. The summed E-state index contributed by atoms with van der Waals surface area (Å²) in [5.41, 5.74) is 3.11. The number of benzene rings is 1. The number of para-hydroxylation sites is 1. The lowest BCUT2D eigenvalue weighted by Gasteiger charge is -2.35. The van der Waals surface area contributed by atoms with Crippen LogP contribution in [0.1, 0.15) is 43.2 Å². The molecule has 1 atom stereocenters. The Hall–Kier alpha value is -1.47. The second kappa shape index (κ2) is 11.1. The van der Waals surface area contributed by atoms with Gasteiger partial charge in [0.05, 0.1) is 25.4 Å². The van der Waals surface area contributed by atoms with Crippen molar-refractivity contribution in [1.29, 1.82) is 0 Å². The molecule has 1 saturated heterocycles. The number of carbonyl (C=O) groups is 1. The van der Waals surface area contributed by atoms with Crippen LogP contribution in [0.4, 0.5) is 5.69 Å². The minimum Gasteiger partial charge on any atom is -0.389 e. The number of anilines is 1. The van der Waals surface area contributed by atoms with Gasteiger partial charge in [0.2, 0.25) is 5.91 Å². The van der Waals surface area contributed by atoms with E-state index in [-0.39, 0.29) is 5.91 Å². The molecule has 1 saturated carbocycles. The Morgan fingerprint density at radius 3 is 2.38 bits per heavy atom. The molecule has 2 aliphatic rings. The molecular formula is C23H37N3O3. The largest absolute Gasteiger partial charge is 0.389 e. The number of carbonyl (C=O) groups excluding carboxylic acids is 1. The quantitative estimate of drug-likeness (QED) is 0.698. The van der Waals surface area contributed by atoms with Gasteiger partial charge in [-0.3, -0.25) is 14.6 Å². The van der Waals surface area contributed by atoms with Gasteiger partial charge in [-0.1, -0.05) is 37.5 Å². The highest BCUT2D eigenvalue weighted by Gasteiger charge is 2.22. The van der Waals surface area contributed by atoms with E-state index in [9.17, 15) is 9.90 Å². The number of hydrogen-bond donors (Lipinski definition) is 2. The summed E-state index contributed by atoms with van der Waals surface area (Å²) >= 11 is 0. The molecule has 1 aliphatic heterocycles. The van der Waals surface area contributed by atoms with Gasteiger partial charge in [0.25, 0.3) is 0 Å². The molecule has 1 heterocycles. The van der Waals surface area contributed by atoms with Gasteiger partial charge < -0.3 is 15.2 Å². The third-order valence-electron chi connectivity index (χ3n) is 6.12. The van der Waals surface area contributed by atoms with Crippen LogP contribution in [-0.4, -0.2) is 78.9 Å². The highest BCUT2D eigenvalue weighted by Crippen LogP contribution is 2.21. The number of aliphatic hydroxyl groups excluding tert-OH is 1. The summed E-state index contributed by atoms with van der Waals surface area (Å²) in [5, 5.41) is 13.4. The van der Waals surface area contributed by atoms with Gasteiger partial charge in [0.1, 0.15) is 0 Å². The van der Waals surface area contributed by atoms with Crippen LogP contribution < -0.4 is 5.32 Å². The predicted molar refractivity (Wildman–Crippen MR) is 116 cm³/mol. The molecule has 3 rings (SSSR count). The van der Waals surface area contributed by atoms with E-state index in [1.807, 2.05) is 32.0 Å². The maximum absolute atomic E-state index is 12.5. The number of nitrogens with one attached hydrogen (secondary N) is 1. The lowest BCUT2D eigenvalue weighted by atomic mass is 9.98. The van der Waals surface area contributed by atoms with E-state index in [0.29, 0.717) is 25.8 Å². The lowest BCUT2D eigenvalue weighted by molar-refractivity contribution is -0.117. The molecule has 6 nitrogen and oxygen atoms in total. The second-order valence-electron chi connectivity index (χ2n) is 8.64. The molecule has 1 aromatic carbocycles. The van der Waals surface area contributed by atoms with Crippen molar-refractivity contribution in [2.24, 2.45) is 0 Å². The van der Waals surface area contributed by atoms with Crippen LogP contribution in [0.15, 0.2) is 18.2 Å². The Morgan fingerprint density at radius 2 is 1.72 bits per heavy atom. The van der Waals surface area contributed by atoms with E-state index < -0.39 is 6.10 Å². The Kier molecular flexibility index (Phi) is 8.48. The van der Waals surface area contributed by atoms with Gasteiger partial charge in [-0.05, 0) is 37.8 Å². The average molecular weight is 404 g/mol. The van der Waals surface area contributed by atoms with Crippen molar-refractivity contribution < 1.29 is 14.6 Å². The van der Waals surface area contributed by atoms with Crippen molar-refractivity contribution in [2.75, 3.05) is 51.2 Å². The summed E-state index contributed by atoms with van der Waals surface area (Å²) in [6.07, 6.45) is 5.99. The fourth-order valence-corrected chi connectivity index (χ4v) is 4.35. The first kappa shape index (κ1) is 22.2. The van der Waals surface area contributed by atoms with Crippen LogP contribution in [0.3, 0.4) is 0 Å². The van der Waals surface area contributed by atoms with E-state index in [2.05, 4.69) is 15.1 Å². The predicted octanol–water partition coefficient (Wildman–Crippen LogP) is 2.57. The molecule has 162 valence electrons. The SMILES string of the molecule is Cc1cccc(C)c1NC(=O)CN1CCN(CC(O)COC2CCCCC2)CC1. The number of amides is 1. The van der Waals surface area contributed by atoms with Gasteiger partial charge >= 0.3 is 0 Å². The first-order valence-corrected chi connectivity index (χ1v) is 11.1. The monoisotopic (exact) mass is 403 g/mol. The maximum Gasteiger partial charge on any atom is 0.238 e. The standard InChI is InChI=1S/C23H37N3O3/c1-18-7-6-8-19(2)23(18)24-22(28)16-26-13-11-25(12-14-26)15-20(27)17-29-21-9-4-3-5-10-21/h6-8,20-21,27H,3-5,9-17H2,1-2H3,(H,24,28). The smallest absolute Gasteiger partial charge is 0.238 e. The van der Waals surface area contributed by atoms with E-state index >= 15 is 0 Å². The lowest BCUT2D eigenvalue weighted by Crippen LogP contribution is -2.50. The number of aryl methyl sites for hydroxylation is 2. The van der Waals surface area contributed by atoms with Gasteiger partial charge in [0.15, 0.2) is 0 Å². The first-order valence-electron chi connectivity index (χ1n) is 11.1.